The van der Waals surface area contributed by atoms with Gasteiger partial charge in [-0.3, -0.25) is 9.59 Å². The van der Waals surface area contributed by atoms with Gasteiger partial charge in [0.25, 0.3) is 5.91 Å². The summed E-state index contributed by atoms with van der Waals surface area (Å²) in [6.45, 7) is -1.36. The third kappa shape index (κ3) is 5.61. The molecule has 2 aromatic carbocycles. The Labute approximate surface area is 166 Å². The highest BCUT2D eigenvalue weighted by Crippen LogP contribution is 2.21. The molecule has 2 rings (SSSR count). The Kier molecular flexibility index (Phi) is 7.24. The van der Waals surface area contributed by atoms with Gasteiger partial charge in [0.05, 0.1) is 22.8 Å². The van der Waals surface area contributed by atoms with Crippen LogP contribution in [0.2, 0.25) is 10.0 Å². The van der Waals surface area contributed by atoms with Crippen molar-refractivity contribution in [1.82, 2.24) is 5.32 Å². The number of carbonyl (C=O) groups is 3. The average molecular weight is 435 g/mol. The maximum Gasteiger partial charge on any atom is 0.340 e. The number of anilines is 1. The molecule has 0 aliphatic rings. The SMILES string of the molecule is O=C(COC(=O)c1cc(Cl)ccc1Cl)NCC(=O)Nc1ccc(F)c(F)c1F. The number of esters is 1. The van der Waals surface area contributed by atoms with E-state index in [2.05, 4.69) is 5.32 Å². The fourth-order valence-electron chi connectivity index (χ4n) is 1.91. The molecule has 0 saturated carbocycles. The molecule has 2 aromatic rings. The van der Waals surface area contributed by atoms with Crippen molar-refractivity contribution in [3.63, 3.8) is 0 Å². The van der Waals surface area contributed by atoms with Gasteiger partial charge in [0.15, 0.2) is 24.1 Å². The number of nitrogens with one attached hydrogen (secondary N) is 2. The number of halogens is 5. The summed E-state index contributed by atoms with van der Waals surface area (Å²) in [5, 5.41) is 4.38. The van der Waals surface area contributed by atoms with Gasteiger partial charge in [0, 0.05) is 5.02 Å². The van der Waals surface area contributed by atoms with Crippen LogP contribution in [0.15, 0.2) is 30.3 Å². The van der Waals surface area contributed by atoms with E-state index < -0.39 is 54.1 Å². The molecule has 6 nitrogen and oxygen atoms in total. The Morgan fingerprint density at radius 3 is 2.39 bits per heavy atom. The summed E-state index contributed by atoms with van der Waals surface area (Å²) in [5.74, 6) is -7.39. The molecule has 2 N–H and O–H groups in total. The quantitative estimate of drug-likeness (QED) is 0.539. The average Bonchev–Trinajstić information content (AvgIpc) is 2.66. The van der Waals surface area contributed by atoms with Crippen molar-refractivity contribution >= 4 is 46.7 Å². The summed E-state index contributed by atoms with van der Waals surface area (Å²) < 4.78 is 44.1. The summed E-state index contributed by atoms with van der Waals surface area (Å²) in [6, 6.07) is 5.55. The minimum Gasteiger partial charge on any atom is -0.452 e. The monoisotopic (exact) mass is 434 g/mol. The molecule has 11 heteroatoms. The maximum atomic E-state index is 13.5. The van der Waals surface area contributed by atoms with Gasteiger partial charge >= 0.3 is 5.97 Å². The van der Waals surface area contributed by atoms with Crippen LogP contribution in [-0.4, -0.2) is 30.9 Å². The molecule has 0 spiro atoms. The van der Waals surface area contributed by atoms with Crippen LogP contribution in [0.5, 0.6) is 0 Å². The lowest BCUT2D eigenvalue weighted by Gasteiger charge is -2.09. The van der Waals surface area contributed by atoms with Gasteiger partial charge in [-0.2, -0.15) is 0 Å². The van der Waals surface area contributed by atoms with E-state index in [0.29, 0.717) is 6.07 Å². The molecule has 0 aliphatic heterocycles. The highest BCUT2D eigenvalue weighted by molar-refractivity contribution is 6.35. The third-order valence-corrected chi connectivity index (χ3v) is 3.80. The lowest BCUT2D eigenvalue weighted by atomic mass is 10.2. The summed E-state index contributed by atoms with van der Waals surface area (Å²) in [6.07, 6.45) is 0. The molecular weight excluding hydrogens is 424 g/mol. The van der Waals surface area contributed by atoms with E-state index in [0.717, 1.165) is 6.07 Å². The smallest absolute Gasteiger partial charge is 0.340 e. The Morgan fingerprint density at radius 2 is 1.68 bits per heavy atom. The van der Waals surface area contributed by atoms with Crippen molar-refractivity contribution in [2.45, 2.75) is 0 Å². The molecule has 0 fully saturated rings. The molecular formula is C17H11Cl2F3N2O4. The van der Waals surface area contributed by atoms with Gasteiger partial charge in [-0.1, -0.05) is 23.2 Å². The van der Waals surface area contributed by atoms with Crippen LogP contribution < -0.4 is 10.6 Å². The molecule has 0 aromatic heterocycles. The maximum absolute atomic E-state index is 13.5. The highest BCUT2D eigenvalue weighted by Gasteiger charge is 2.17. The fourth-order valence-corrected chi connectivity index (χ4v) is 2.28. The topological polar surface area (TPSA) is 84.5 Å². The van der Waals surface area contributed by atoms with Gasteiger partial charge < -0.3 is 15.4 Å². The van der Waals surface area contributed by atoms with E-state index in [9.17, 15) is 27.6 Å². The van der Waals surface area contributed by atoms with Crippen molar-refractivity contribution < 1.29 is 32.3 Å². The molecule has 0 unspecified atom stereocenters. The summed E-state index contributed by atoms with van der Waals surface area (Å²) >= 11 is 11.6. The Balaban J connectivity index is 1.82. The lowest BCUT2D eigenvalue weighted by Crippen LogP contribution is -2.35. The second kappa shape index (κ2) is 9.43. The predicted octanol–water partition coefficient (Wildman–Crippen LogP) is 3.32. The molecule has 0 bridgehead atoms. The first-order chi connectivity index (χ1) is 13.2. The van der Waals surface area contributed by atoms with Crippen LogP contribution in [0.4, 0.5) is 18.9 Å². The molecule has 148 valence electrons. The summed E-state index contributed by atoms with van der Waals surface area (Å²) in [7, 11) is 0. The standard InChI is InChI=1S/C17H11Cl2F3N2O4/c18-8-1-2-10(19)9(5-8)17(27)28-7-14(26)23-6-13(25)24-12-4-3-11(20)15(21)16(12)22/h1-5H,6-7H2,(H,23,26)(H,24,25). The van der Waals surface area contributed by atoms with E-state index in [1.54, 1.807) is 0 Å². The van der Waals surface area contributed by atoms with Crippen molar-refractivity contribution in [2.24, 2.45) is 0 Å². The predicted molar refractivity (Wildman–Crippen MR) is 94.7 cm³/mol. The van der Waals surface area contributed by atoms with Crippen molar-refractivity contribution in [3.8, 4) is 0 Å². The minimum atomic E-state index is -1.74. The first kappa shape index (κ1) is 21.5. The Bertz CT molecular complexity index is 941. The first-order valence-corrected chi connectivity index (χ1v) is 8.27. The zero-order valence-electron chi connectivity index (χ0n) is 13.8. The second-order valence-corrected chi connectivity index (χ2v) is 6.09. The Hall–Kier alpha value is -2.78. The molecule has 0 radical (unpaired) electrons. The third-order valence-electron chi connectivity index (χ3n) is 3.24. The molecule has 28 heavy (non-hydrogen) atoms. The van der Waals surface area contributed by atoms with E-state index >= 15 is 0 Å². The van der Waals surface area contributed by atoms with Crippen molar-refractivity contribution in [2.75, 3.05) is 18.5 Å². The van der Waals surface area contributed by atoms with Gasteiger partial charge in [0.1, 0.15) is 0 Å². The van der Waals surface area contributed by atoms with Crippen LogP contribution in [0.3, 0.4) is 0 Å². The number of rotatable bonds is 6. The summed E-state index contributed by atoms with van der Waals surface area (Å²) in [4.78, 5) is 35.2. The zero-order valence-corrected chi connectivity index (χ0v) is 15.3. The van der Waals surface area contributed by atoms with Gasteiger partial charge in [-0.15, -0.1) is 0 Å². The van der Waals surface area contributed by atoms with E-state index in [1.807, 2.05) is 5.32 Å². The number of ether oxygens (including phenoxy) is 1. The number of benzene rings is 2. The van der Waals surface area contributed by atoms with Gasteiger partial charge in [-0.25, -0.2) is 18.0 Å². The summed E-state index contributed by atoms with van der Waals surface area (Å²) in [5.41, 5.74) is -0.645. The van der Waals surface area contributed by atoms with E-state index in [1.165, 1.54) is 18.2 Å². The number of carbonyl (C=O) groups excluding carboxylic acids is 3. The number of amides is 2. The molecule has 0 atom stereocenters. The van der Waals surface area contributed by atoms with Crippen molar-refractivity contribution in [1.29, 1.82) is 0 Å². The van der Waals surface area contributed by atoms with Crippen LogP contribution in [0.25, 0.3) is 0 Å². The van der Waals surface area contributed by atoms with Crippen LogP contribution in [0.1, 0.15) is 10.4 Å². The highest BCUT2D eigenvalue weighted by atomic mass is 35.5. The molecule has 0 heterocycles. The van der Waals surface area contributed by atoms with Crippen LogP contribution in [-0.2, 0) is 14.3 Å². The van der Waals surface area contributed by atoms with Gasteiger partial charge in [-0.05, 0) is 30.3 Å². The first-order valence-electron chi connectivity index (χ1n) is 7.51. The zero-order chi connectivity index (χ0) is 20.8. The van der Waals surface area contributed by atoms with Gasteiger partial charge in [0.2, 0.25) is 5.91 Å². The molecule has 0 saturated heterocycles. The number of hydrogen-bond acceptors (Lipinski definition) is 4. The normalized spacial score (nSPS) is 10.3. The van der Waals surface area contributed by atoms with Crippen molar-refractivity contribution in [3.05, 3.63) is 63.4 Å². The van der Waals surface area contributed by atoms with Crippen LogP contribution >= 0.6 is 23.2 Å². The second-order valence-electron chi connectivity index (χ2n) is 5.25. The molecule has 2 amide bonds. The van der Waals surface area contributed by atoms with E-state index in [4.69, 9.17) is 27.9 Å². The van der Waals surface area contributed by atoms with E-state index in [-0.39, 0.29) is 15.6 Å². The number of hydrogen-bond donors (Lipinski definition) is 2. The Morgan fingerprint density at radius 1 is 0.964 bits per heavy atom. The lowest BCUT2D eigenvalue weighted by molar-refractivity contribution is -0.126. The van der Waals surface area contributed by atoms with Crippen LogP contribution in [0, 0.1) is 17.5 Å². The minimum absolute atomic E-state index is 0.0477. The molecule has 0 aliphatic carbocycles. The fraction of sp³-hybridized carbons (Fsp3) is 0.118. The largest absolute Gasteiger partial charge is 0.452 e.